The van der Waals surface area contributed by atoms with Gasteiger partial charge in [-0.15, -0.1) is 6.42 Å². The van der Waals surface area contributed by atoms with Crippen LogP contribution in [0.1, 0.15) is 5.56 Å². The van der Waals surface area contributed by atoms with Crippen LogP contribution in [-0.2, 0) is 20.9 Å². The SMILES string of the molecule is C#CCN1C(=O)CN(C(=O)OCc2ccccc2)CC1COC. The van der Waals surface area contributed by atoms with Gasteiger partial charge in [0.25, 0.3) is 0 Å². The van der Waals surface area contributed by atoms with Gasteiger partial charge in [-0.05, 0) is 5.56 Å². The second-order valence-corrected chi connectivity index (χ2v) is 5.26. The molecule has 1 fully saturated rings. The third-order valence-electron chi connectivity index (χ3n) is 3.60. The summed E-state index contributed by atoms with van der Waals surface area (Å²) in [5.74, 6) is 2.26. The Balaban J connectivity index is 1.95. The van der Waals surface area contributed by atoms with Gasteiger partial charge in [-0.2, -0.15) is 0 Å². The average Bonchev–Trinajstić information content (AvgIpc) is 2.56. The minimum Gasteiger partial charge on any atom is -0.445 e. The van der Waals surface area contributed by atoms with Crippen molar-refractivity contribution in [3.8, 4) is 12.3 Å². The number of hydrogen-bond donors (Lipinski definition) is 0. The first kappa shape index (κ1) is 16.8. The van der Waals surface area contributed by atoms with E-state index in [9.17, 15) is 9.59 Å². The van der Waals surface area contributed by atoms with E-state index in [1.165, 1.54) is 4.90 Å². The van der Waals surface area contributed by atoms with E-state index in [1.54, 1.807) is 12.0 Å². The van der Waals surface area contributed by atoms with Crippen LogP contribution in [-0.4, -0.2) is 61.2 Å². The lowest BCUT2D eigenvalue weighted by atomic mass is 10.1. The van der Waals surface area contributed by atoms with Crippen molar-refractivity contribution >= 4 is 12.0 Å². The molecule has 0 aromatic heterocycles. The summed E-state index contributed by atoms with van der Waals surface area (Å²) in [6.07, 6.45) is 4.79. The van der Waals surface area contributed by atoms with Crippen molar-refractivity contribution in [1.29, 1.82) is 0 Å². The van der Waals surface area contributed by atoms with Gasteiger partial charge in [0.2, 0.25) is 5.91 Å². The summed E-state index contributed by atoms with van der Waals surface area (Å²) in [5, 5.41) is 0. The van der Waals surface area contributed by atoms with E-state index in [0.29, 0.717) is 13.2 Å². The molecule has 0 aliphatic carbocycles. The number of carbonyl (C=O) groups excluding carboxylic acids is 2. The van der Waals surface area contributed by atoms with Gasteiger partial charge in [0.05, 0.1) is 19.2 Å². The summed E-state index contributed by atoms with van der Waals surface area (Å²) >= 11 is 0. The topological polar surface area (TPSA) is 59.1 Å². The molecule has 0 N–H and O–H groups in total. The Morgan fingerprint density at radius 2 is 2.13 bits per heavy atom. The first-order chi connectivity index (χ1) is 11.2. The van der Waals surface area contributed by atoms with E-state index in [-0.39, 0.29) is 31.6 Å². The Labute approximate surface area is 136 Å². The highest BCUT2D eigenvalue weighted by atomic mass is 16.6. The zero-order chi connectivity index (χ0) is 16.7. The summed E-state index contributed by atoms with van der Waals surface area (Å²) in [7, 11) is 1.55. The summed E-state index contributed by atoms with van der Waals surface area (Å²) in [4.78, 5) is 27.3. The maximum Gasteiger partial charge on any atom is 0.410 e. The van der Waals surface area contributed by atoms with Gasteiger partial charge in [-0.3, -0.25) is 9.69 Å². The monoisotopic (exact) mass is 316 g/mol. The molecule has 2 amide bonds. The molecule has 1 atom stereocenters. The molecule has 0 bridgehead atoms. The highest BCUT2D eigenvalue weighted by Gasteiger charge is 2.34. The van der Waals surface area contributed by atoms with Crippen LogP contribution in [0.3, 0.4) is 0 Å². The summed E-state index contributed by atoms with van der Waals surface area (Å²) in [6, 6.07) is 9.12. The maximum absolute atomic E-state index is 12.2. The molecule has 2 rings (SSSR count). The third-order valence-corrected chi connectivity index (χ3v) is 3.60. The molecule has 1 unspecified atom stereocenters. The van der Waals surface area contributed by atoms with Gasteiger partial charge in [0, 0.05) is 13.7 Å². The van der Waals surface area contributed by atoms with Crippen molar-refractivity contribution < 1.29 is 19.1 Å². The minimum atomic E-state index is -0.510. The number of rotatable bonds is 5. The Morgan fingerprint density at radius 1 is 1.39 bits per heavy atom. The lowest BCUT2D eigenvalue weighted by Crippen LogP contribution is -2.59. The highest BCUT2D eigenvalue weighted by molar-refractivity contribution is 5.84. The Hall–Kier alpha value is -2.52. The number of piperazine rings is 1. The van der Waals surface area contributed by atoms with Crippen molar-refractivity contribution in [3.05, 3.63) is 35.9 Å². The van der Waals surface area contributed by atoms with Crippen molar-refractivity contribution in [2.45, 2.75) is 12.6 Å². The van der Waals surface area contributed by atoms with E-state index < -0.39 is 6.09 Å². The van der Waals surface area contributed by atoms with Crippen molar-refractivity contribution in [1.82, 2.24) is 9.80 Å². The van der Waals surface area contributed by atoms with Crippen molar-refractivity contribution in [3.63, 3.8) is 0 Å². The zero-order valence-corrected chi connectivity index (χ0v) is 13.1. The van der Waals surface area contributed by atoms with Crippen molar-refractivity contribution in [2.75, 3.05) is 33.4 Å². The fourth-order valence-corrected chi connectivity index (χ4v) is 2.48. The number of benzene rings is 1. The number of terminal acetylenes is 1. The van der Waals surface area contributed by atoms with Gasteiger partial charge in [-0.1, -0.05) is 36.3 Å². The van der Waals surface area contributed by atoms with Gasteiger partial charge >= 0.3 is 6.09 Å². The Morgan fingerprint density at radius 3 is 2.78 bits per heavy atom. The van der Waals surface area contributed by atoms with E-state index in [2.05, 4.69) is 5.92 Å². The molecule has 6 heteroatoms. The number of amides is 2. The molecule has 0 saturated carbocycles. The van der Waals surface area contributed by atoms with Crippen molar-refractivity contribution in [2.24, 2.45) is 0 Å². The minimum absolute atomic E-state index is 0.0322. The number of hydrogen-bond acceptors (Lipinski definition) is 4. The fraction of sp³-hybridized carbons (Fsp3) is 0.412. The van der Waals surface area contributed by atoms with Crippen LogP contribution in [0.15, 0.2) is 30.3 Å². The number of ether oxygens (including phenoxy) is 2. The maximum atomic E-state index is 12.2. The molecule has 6 nitrogen and oxygen atoms in total. The molecule has 1 aromatic carbocycles. The zero-order valence-electron chi connectivity index (χ0n) is 13.1. The number of carbonyl (C=O) groups is 2. The van der Waals surface area contributed by atoms with Crippen LogP contribution in [0.2, 0.25) is 0 Å². The molecule has 1 heterocycles. The van der Waals surface area contributed by atoms with Crippen LogP contribution in [0.25, 0.3) is 0 Å². The molecular formula is C17H20N2O4. The molecule has 1 aromatic rings. The predicted molar refractivity (Wildman–Crippen MR) is 84.4 cm³/mol. The van der Waals surface area contributed by atoms with Crippen LogP contribution in [0, 0.1) is 12.3 Å². The van der Waals surface area contributed by atoms with E-state index in [0.717, 1.165) is 5.56 Å². The molecule has 122 valence electrons. The smallest absolute Gasteiger partial charge is 0.410 e. The summed E-state index contributed by atoms with van der Waals surface area (Å²) in [6.45, 7) is 1.01. The molecule has 1 aliphatic heterocycles. The molecule has 1 saturated heterocycles. The molecule has 0 radical (unpaired) electrons. The summed E-state index contributed by atoms with van der Waals surface area (Å²) < 4.78 is 10.4. The van der Waals surface area contributed by atoms with Crippen LogP contribution >= 0.6 is 0 Å². The van der Waals surface area contributed by atoms with Gasteiger partial charge in [0.1, 0.15) is 13.2 Å². The quantitative estimate of drug-likeness (QED) is 0.764. The Kier molecular flexibility index (Phi) is 6.01. The third kappa shape index (κ3) is 4.47. The lowest BCUT2D eigenvalue weighted by molar-refractivity contribution is -0.139. The van der Waals surface area contributed by atoms with Crippen LogP contribution < -0.4 is 0 Å². The molecule has 0 spiro atoms. The highest BCUT2D eigenvalue weighted by Crippen LogP contribution is 2.13. The molecule has 23 heavy (non-hydrogen) atoms. The second kappa shape index (κ2) is 8.20. The molecular weight excluding hydrogens is 296 g/mol. The Bertz CT molecular complexity index is 582. The van der Waals surface area contributed by atoms with E-state index in [1.807, 2.05) is 30.3 Å². The number of nitrogens with zero attached hydrogens (tertiary/aromatic N) is 2. The van der Waals surface area contributed by atoms with E-state index >= 15 is 0 Å². The van der Waals surface area contributed by atoms with Gasteiger partial charge in [-0.25, -0.2) is 4.79 Å². The fourth-order valence-electron chi connectivity index (χ4n) is 2.48. The number of methoxy groups -OCH3 is 1. The molecule has 1 aliphatic rings. The summed E-state index contributed by atoms with van der Waals surface area (Å²) in [5.41, 5.74) is 0.895. The average molecular weight is 316 g/mol. The van der Waals surface area contributed by atoms with Gasteiger partial charge in [0.15, 0.2) is 0 Å². The normalized spacial score (nSPS) is 17.7. The van der Waals surface area contributed by atoms with Gasteiger partial charge < -0.3 is 14.4 Å². The van der Waals surface area contributed by atoms with E-state index in [4.69, 9.17) is 15.9 Å². The standard InChI is InChI=1S/C17H20N2O4/c1-3-9-19-15(13-22-2)10-18(11-16(19)20)17(21)23-12-14-7-5-4-6-8-14/h1,4-8,15H,9-13H2,2H3. The predicted octanol–water partition coefficient (Wildman–Crippen LogP) is 1.12. The first-order valence-corrected chi connectivity index (χ1v) is 7.33. The second-order valence-electron chi connectivity index (χ2n) is 5.26. The lowest BCUT2D eigenvalue weighted by Gasteiger charge is -2.39. The first-order valence-electron chi connectivity index (χ1n) is 7.33. The largest absolute Gasteiger partial charge is 0.445 e. The van der Waals surface area contributed by atoms with Crippen LogP contribution in [0.4, 0.5) is 4.79 Å². The van der Waals surface area contributed by atoms with Crippen LogP contribution in [0.5, 0.6) is 0 Å².